The van der Waals surface area contributed by atoms with Crippen LogP contribution >= 0.6 is 0 Å². The summed E-state index contributed by atoms with van der Waals surface area (Å²) in [5.74, 6) is -7.27. The Kier molecular flexibility index (Phi) is 6.23. The van der Waals surface area contributed by atoms with E-state index in [2.05, 4.69) is 9.97 Å². The molecule has 2 aromatic carbocycles. The third-order valence-electron chi connectivity index (χ3n) is 5.74. The summed E-state index contributed by atoms with van der Waals surface area (Å²) in [5.41, 5.74) is 6.01. The molecule has 7 nitrogen and oxygen atoms in total. The molecule has 1 unspecified atom stereocenters. The molecule has 0 radical (unpaired) electrons. The zero-order valence-electron chi connectivity index (χ0n) is 17.7. The predicted molar refractivity (Wildman–Crippen MR) is 116 cm³/mol. The van der Waals surface area contributed by atoms with Gasteiger partial charge in [0, 0.05) is 17.9 Å². The van der Waals surface area contributed by atoms with Crippen LogP contribution < -0.4 is 5.73 Å². The van der Waals surface area contributed by atoms with Crippen LogP contribution in [-0.4, -0.2) is 39.0 Å². The molecule has 0 spiro atoms. The van der Waals surface area contributed by atoms with Gasteiger partial charge in [-0.15, -0.1) is 0 Å². The number of aromatic nitrogens is 2. The Hall–Kier alpha value is -3.95. The number of ether oxygens (including phenoxy) is 1. The molecule has 10 heteroatoms. The molecule has 1 fully saturated rings. The molecule has 3 N–H and O–H groups in total. The van der Waals surface area contributed by atoms with Crippen molar-refractivity contribution in [2.75, 3.05) is 5.73 Å². The summed E-state index contributed by atoms with van der Waals surface area (Å²) in [5, 5.41) is 8.99. The number of halogens is 3. The molecular formula is C24H20F3N3O4. The lowest BCUT2D eigenvalue weighted by molar-refractivity contribution is -0.140. The summed E-state index contributed by atoms with van der Waals surface area (Å²) in [7, 11) is 0. The molecule has 1 aliphatic carbocycles. The maximum atomic E-state index is 14.9. The highest BCUT2D eigenvalue weighted by molar-refractivity contribution is 5.89. The summed E-state index contributed by atoms with van der Waals surface area (Å²) in [4.78, 5) is 31.6. The number of anilines is 1. The molecule has 1 heterocycles. The smallest absolute Gasteiger partial charge is 0.338 e. The van der Waals surface area contributed by atoms with E-state index >= 15 is 0 Å². The number of esters is 1. The lowest BCUT2D eigenvalue weighted by Gasteiger charge is -2.35. The number of hydrogen-bond donors (Lipinski definition) is 2. The lowest BCUT2D eigenvalue weighted by Crippen LogP contribution is -2.42. The van der Waals surface area contributed by atoms with Gasteiger partial charge in [-0.25, -0.2) is 32.7 Å². The molecule has 3 aromatic rings. The molecule has 4 rings (SSSR count). The van der Waals surface area contributed by atoms with Gasteiger partial charge in [0.25, 0.3) is 5.92 Å². The van der Waals surface area contributed by atoms with Crippen LogP contribution in [0.15, 0.2) is 54.7 Å². The predicted octanol–water partition coefficient (Wildman–Crippen LogP) is 4.69. The van der Waals surface area contributed by atoms with Crippen LogP contribution in [0.3, 0.4) is 0 Å². The van der Waals surface area contributed by atoms with E-state index in [1.54, 1.807) is 18.2 Å². The summed E-state index contributed by atoms with van der Waals surface area (Å²) < 4.78 is 49.0. The van der Waals surface area contributed by atoms with Crippen LogP contribution in [0.1, 0.15) is 51.6 Å². The Morgan fingerprint density at radius 2 is 1.85 bits per heavy atom. The first-order chi connectivity index (χ1) is 16.2. The fourth-order valence-electron chi connectivity index (χ4n) is 3.95. The van der Waals surface area contributed by atoms with Crippen LogP contribution in [0.2, 0.25) is 0 Å². The minimum absolute atomic E-state index is 0.0523. The number of carboxylic acid groups (broad SMARTS) is 1. The molecule has 176 valence electrons. The number of benzene rings is 2. The van der Waals surface area contributed by atoms with Gasteiger partial charge in [0.05, 0.1) is 23.0 Å². The second kappa shape index (κ2) is 9.12. The lowest BCUT2D eigenvalue weighted by atomic mass is 9.82. The van der Waals surface area contributed by atoms with Crippen molar-refractivity contribution in [2.24, 2.45) is 0 Å². The SMILES string of the molecule is Nc1ncc(C2CC[C@@H](OC(=O)c3ccccc3)C(F)(F)C2)nc1-c1ccc(C(=O)O)c(F)c1. The van der Waals surface area contributed by atoms with Crippen molar-refractivity contribution >= 4 is 17.8 Å². The van der Waals surface area contributed by atoms with Crippen molar-refractivity contribution < 1.29 is 32.6 Å². The van der Waals surface area contributed by atoms with Crippen LogP contribution in [0.5, 0.6) is 0 Å². The Morgan fingerprint density at radius 1 is 1.12 bits per heavy atom. The second-order valence-corrected chi connectivity index (χ2v) is 8.03. The molecular weight excluding hydrogens is 451 g/mol. The number of carbonyl (C=O) groups is 2. The first-order valence-corrected chi connectivity index (χ1v) is 10.4. The summed E-state index contributed by atoms with van der Waals surface area (Å²) in [6.07, 6.45) is -0.732. The maximum Gasteiger partial charge on any atom is 0.338 e. The van der Waals surface area contributed by atoms with E-state index in [4.69, 9.17) is 15.6 Å². The van der Waals surface area contributed by atoms with Gasteiger partial charge in [-0.1, -0.05) is 24.3 Å². The Labute approximate surface area is 192 Å². The van der Waals surface area contributed by atoms with Gasteiger partial charge in [0.2, 0.25) is 0 Å². The Morgan fingerprint density at radius 3 is 2.50 bits per heavy atom. The van der Waals surface area contributed by atoms with Gasteiger partial charge in [-0.05, 0) is 37.1 Å². The summed E-state index contributed by atoms with van der Waals surface area (Å²) in [6, 6.07) is 11.3. The highest BCUT2D eigenvalue weighted by atomic mass is 19.3. The van der Waals surface area contributed by atoms with E-state index in [1.165, 1.54) is 24.4 Å². The number of alkyl halides is 2. The van der Waals surface area contributed by atoms with Crippen molar-refractivity contribution in [2.45, 2.75) is 37.2 Å². The minimum atomic E-state index is -3.30. The van der Waals surface area contributed by atoms with Crippen LogP contribution in [0.25, 0.3) is 11.3 Å². The van der Waals surface area contributed by atoms with E-state index in [1.807, 2.05) is 0 Å². The number of aromatic carboxylic acids is 1. The normalized spacial score (nSPS) is 19.4. The van der Waals surface area contributed by atoms with Crippen LogP contribution in [-0.2, 0) is 4.74 Å². The number of nitrogens with two attached hydrogens (primary N) is 1. The molecule has 0 amide bonds. The van der Waals surface area contributed by atoms with E-state index in [9.17, 15) is 22.8 Å². The molecule has 0 aliphatic heterocycles. The highest BCUT2D eigenvalue weighted by Gasteiger charge is 2.48. The zero-order chi connectivity index (χ0) is 24.5. The molecule has 0 saturated heterocycles. The number of carboxylic acids is 1. The second-order valence-electron chi connectivity index (χ2n) is 8.03. The van der Waals surface area contributed by atoms with Gasteiger partial charge < -0.3 is 15.6 Å². The van der Waals surface area contributed by atoms with E-state index < -0.39 is 47.7 Å². The van der Waals surface area contributed by atoms with E-state index in [0.717, 1.165) is 12.1 Å². The van der Waals surface area contributed by atoms with Gasteiger partial charge >= 0.3 is 11.9 Å². The maximum absolute atomic E-state index is 14.9. The average molecular weight is 471 g/mol. The molecule has 1 aliphatic rings. The minimum Gasteiger partial charge on any atom is -0.478 e. The number of carbonyl (C=O) groups excluding carboxylic acids is 1. The van der Waals surface area contributed by atoms with Gasteiger partial charge in [0.15, 0.2) is 6.10 Å². The number of hydrogen-bond acceptors (Lipinski definition) is 6. The number of nitrogen functional groups attached to an aromatic ring is 1. The van der Waals surface area contributed by atoms with Gasteiger partial charge in [-0.3, -0.25) is 0 Å². The van der Waals surface area contributed by atoms with E-state index in [0.29, 0.717) is 0 Å². The molecule has 34 heavy (non-hydrogen) atoms. The van der Waals surface area contributed by atoms with Crippen LogP contribution in [0, 0.1) is 5.82 Å². The third kappa shape index (κ3) is 4.70. The van der Waals surface area contributed by atoms with Gasteiger partial charge in [0.1, 0.15) is 17.3 Å². The fraction of sp³-hybridized carbons (Fsp3) is 0.250. The van der Waals surface area contributed by atoms with Crippen molar-refractivity contribution in [1.82, 2.24) is 9.97 Å². The molecule has 2 atom stereocenters. The number of nitrogens with zero attached hydrogens (tertiary/aromatic N) is 2. The third-order valence-corrected chi connectivity index (χ3v) is 5.74. The Balaban J connectivity index is 1.53. The zero-order valence-corrected chi connectivity index (χ0v) is 17.7. The molecule has 0 bridgehead atoms. The quantitative estimate of drug-likeness (QED) is 0.519. The summed E-state index contributed by atoms with van der Waals surface area (Å²) in [6.45, 7) is 0. The van der Waals surface area contributed by atoms with Gasteiger partial charge in [-0.2, -0.15) is 0 Å². The fourth-order valence-corrected chi connectivity index (χ4v) is 3.95. The first kappa shape index (κ1) is 23.2. The topological polar surface area (TPSA) is 115 Å². The first-order valence-electron chi connectivity index (χ1n) is 10.4. The molecule has 1 aromatic heterocycles. The largest absolute Gasteiger partial charge is 0.478 e. The van der Waals surface area contributed by atoms with Crippen molar-refractivity contribution in [3.8, 4) is 11.3 Å². The standard InChI is InChI=1S/C24H20F3N3O4/c25-17-10-14(6-8-16(17)22(31)32)20-21(28)29-12-18(30-20)15-7-9-19(24(26,27)11-15)34-23(33)13-4-2-1-3-5-13/h1-6,8,10,12,15,19H,7,9,11H2,(H2,28,29)(H,31,32)/t15?,19-/m1/s1. The van der Waals surface area contributed by atoms with Crippen molar-refractivity contribution in [1.29, 1.82) is 0 Å². The van der Waals surface area contributed by atoms with Crippen LogP contribution in [0.4, 0.5) is 19.0 Å². The number of rotatable bonds is 5. The average Bonchev–Trinajstić information content (AvgIpc) is 2.80. The summed E-state index contributed by atoms with van der Waals surface area (Å²) >= 11 is 0. The van der Waals surface area contributed by atoms with Crippen molar-refractivity contribution in [3.05, 3.63) is 77.4 Å². The van der Waals surface area contributed by atoms with Crippen molar-refractivity contribution in [3.63, 3.8) is 0 Å². The highest BCUT2D eigenvalue weighted by Crippen LogP contribution is 2.43. The monoisotopic (exact) mass is 471 g/mol. The Bertz CT molecular complexity index is 1240. The molecule has 1 saturated carbocycles. The van der Waals surface area contributed by atoms with E-state index in [-0.39, 0.29) is 41.2 Å².